The summed E-state index contributed by atoms with van der Waals surface area (Å²) in [6.45, 7) is 0. The fraction of sp³-hybridized carbons (Fsp3) is 0.100. The number of nitrogens with one attached hydrogen (secondary N) is 1. The van der Waals surface area contributed by atoms with Crippen LogP contribution in [0, 0.1) is 0 Å². The van der Waals surface area contributed by atoms with Crippen molar-refractivity contribution in [3.05, 3.63) is 28.7 Å². The number of amides is 1. The summed E-state index contributed by atoms with van der Waals surface area (Å²) >= 11 is 10.4. The molecule has 1 aromatic carbocycles. The standard InChI is InChI=1S/C10H7BrClNOS/c11-9-6-3-1-2-4-7(6)15-10(9)13-8(14)5-12/h1-4H,5H2,(H,13,14). The Hall–Kier alpha value is -0.580. The topological polar surface area (TPSA) is 29.1 Å². The molecule has 2 aromatic rings. The van der Waals surface area contributed by atoms with Crippen molar-refractivity contribution >= 4 is 59.9 Å². The second kappa shape index (κ2) is 4.51. The van der Waals surface area contributed by atoms with E-state index < -0.39 is 0 Å². The summed E-state index contributed by atoms with van der Waals surface area (Å²) in [5.41, 5.74) is 0. The monoisotopic (exact) mass is 303 g/mol. The number of rotatable bonds is 2. The van der Waals surface area contributed by atoms with Crippen molar-refractivity contribution < 1.29 is 4.79 Å². The van der Waals surface area contributed by atoms with Gasteiger partial charge in [0.2, 0.25) is 5.91 Å². The smallest absolute Gasteiger partial charge is 0.239 e. The average Bonchev–Trinajstić information content (AvgIpc) is 2.57. The Bertz CT molecular complexity index is 511. The highest BCUT2D eigenvalue weighted by atomic mass is 79.9. The number of benzene rings is 1. The number of halogens is 2. The second-order valence-corrected chi connectivity index (χ2v) is 5.04. The SMILES string of the molecule is O=C(CCl)Nc1sc2ccccc2c1Br. The van der Waals surface area contributed by atoms with E-state index in [1.807, 2.05) is 24.3 Å². The third-order valence-electron chi connectivity index (χ3n) is 1.91. The van der Waals surface area contributed by atoms with Gasteiger partial charge < -0.3 is 5.32 Å². The van der Waals surface area contributed by atoms with E-state index in [1.165, 1.54) is 11.3 Å². The molecule has 0 aliphatic carbocycles. The number of hydrogen-bond donors (Lipinski definition) is 1. The second-order valence-electron chi connectivity index (χ2n) is 2.92. The molecule has 78 valence electrons. The van der Waals surface area contributed by atoms with Gasteiger partial charge in [-0.25, -0.2) is 0 Å². The maximum atomic E-state index is 11.2. The molecular formula is C10H7BrClNOS. The lowest BCUT2D eigenvalue weighted by Crippen LogP contribution is -2.11. The first-order chi connectivity index (χ1) is 7.22. The highest BCUT2D eigenvalue weighted by molar-refractivity contribution is 9.10. The van der Waals surface area contributed by atoms with Crippen LogP contribution in [0.25, 0.3) is 10.1 Å². The molecule has 2 nitrogen and oxygen atoms in total. The van der Waals surface area contributed by atoms with E-state index in [2.05, 4.69) is 21.2 Å². The Morgan fingerprint density at radius 3 is 2.87 bits per heavy atom. The van der Waals surface area contributed by atoms with E-state index in [1.54, 1.807) is 0 Å². The van der Waals surface area contributed by atoms with Gasteiger partial charge in [0.15, 0.2) is 0 Å². The van der Waals surface area contributed by atoms with E-state index in [4.69, 9.17) is 11.6 Å². The van der Waals surface area contributed by atoms with Crippen LogP contribution < -0.4 is 5.32 Å². The summed E-state index contributed by atoms with van der Waals surface area (Å²) in [4.78, 5) is 11.2. The molecule has 1 amide bonds. The van der Waals surface area contributed by atoms with Crippen molar-refractivity contribution in [2.75, 3.05) is 11.2 Å². The molecule has 0 saturated heterocycles. The molecule has 0 spiro atoms. The van der Waals surface area contributed by atoms with Gasteiger partial charge in [-0.3, -0.25) is 4.79 Å². The Morgan fingerprint density at radius 2 is 2.20 bits per heavy atom. The van der Waals surface area contributed by atoms with Crippen LogP contribution >= 0.6 is 38.9 Å². The van der Waals surface area contributed by atoms with Gasteiger partial charge in [0.25, 0.3) is 0 Å². The normalized spacial score (nSPS) is 10.5. The lowest BCUT2D eigenvalue weighted by molar-refractivity contribution is -0.113. The molecule has 0 atom stereocenters. The summed E-state index contributed by atoms with van der Waals surface area (Å²) in [5.74, 6) is -0.218. The van der Waals surface area contributed by atoms with Gasteiger partial charge >= 0.3 is 0 Å². The maximum absolute atomic E-state index is 11.2. The van der Waals surface area contributed by atoms with Crippen molar-refractivity contribution in [3.8, 4) is 0 Å². The van der Waals surface area contributed by atoms with Crippen LogP contribution in [0.3, 0.4) is 0 Å². The molecule has 0 fully saturated rings. The highest BCUT2D eigenvalue weighted by Crippen LogP contribution is 2.39. The first-order valence-electron chi connectivity index (χ1n) is 4.25. The van der Waals surface area contributed by atoms with Crippen molar-refractivity contribution in [1.29, 1.82) is 0 Å². The van der Waals surface area contributed by atoms with Crippen LogP contribution in [0.2, 0.25) is 0 Å². The zero-order valence-electron chi connectivity index (χ0n) is 7.59. The minimum Gasteiger partial charge on any atom is -0.316 e. The predicted octanol–water partition coefficient (Wildman–Crippen LogP) is 3.84. The van der Waals surface area contributed by atoms with Crippen LogP contribution in [0.1, 0.15) is 0 Å². The van der Waals surface area contributed by atoms with Crippen molar-refractivity contribution in [2.45, 2.75) is 0 Å². The van der Waals surface area contributed by atoms with E-state index >= 15 is 0 Å². The molecule has 15 heavy (non-hydrogen) atoms. The van der Waals surface area contributed by atoms with Gasteiger partial charge in [0.05, 0.1) is 4.47 Å². The number of carbonyl (C=O) groups is 1. The van der Waals surface area contributed by atoms with Crippen LogP contribution in [0.15, 0.2) is 28.7 Å². The third kappa shape index (κ3) is 2.17. The Kier molecular flexibility index (Phi) is 3.29. The third-order valence-corrected chi connectivity index (χ3v) is 4.32. The number of anilines is 1. The number of alkyl halides is 1. The molecule has 1 N–H and O–H groups in total. The van der Waals surface area contributed by atoms with Crippen LogP contribution in [-0.4, -0.2) is 11.8 Å². The molecule has 1 aromatic heterocycles. The molecule has 2 rings (SSSR count). The van der Waals surface area contributed by atoms with Crippen molar-refractivity contribution in [2.24, 2.45) is 0 Å². The average molecular weight is 305 g/mol. The van der Waals surface area contributed by atoms with E-state index in [0.29, 0.717) is 0 Å². The molecule has 5 heteroatoms. The Balaban J connectivity index is 2.44. The van der Waals surface area contributed by atoms with Gasteiger partial charge in [-0.05, 0) is 22.0 Å². The summed E-state index contributed by atoms with van der Waals surface area (Å²) in [6, 6.07) is 7.96. The van der Waals surface area contributed by atoms with Crippen LogP contribution in [-0.2, 0) is 4.79 Å². The summed E-state index contributed by atoms with van der Waals surface area (Å²) < 4.78 is 2.05. The minimum atomic E-state index is -0.191. The highest BCUT2D eigenvalue weighted by Gasteiger charge is 2.10. The summed E-state index contributed by atoms with van der Waals surface area (Å²) in [7, 11) is 0. The van der Waals surface area contributed by atoms with Gasteiger partial charge in [-0.2, -0.15) is 0 Å². The minimum absolute atomic E-state index is 0.0271. The Labute approximate surface area is 104 Å². The first-order valence-corrected chi connectivity index (χ1v) is 6.39. The molecule has 0 aliphatic rings. The van der Waals surface area contributed by atoms with Crippen molar-refractivity contribution in [3.63, 3.8) is 0 Å². The molecule has 1 heterocycles. The predicted molar refractivity (Wildman–Crippen MR) is 68.9 cm³/mol. The first kappa shape index (κ1) is 10.9. The lowest BCUT2D eigenvalue weighted by atomic mass is 10.3. The van der Waals surface area contributed by atoms with E-state index in [-0.39, 0.29) is 11.8 Å². The van der Waals surface area contributed by atoms with E-state index in [0.717, 1.165) is 19.6 Å². The Morgan fingerprint density at radius 1 is 1.47 bits per heavy atom. The fourth-order valence-electron chi connectivity index (χ4n) is 1.25. The fourth-order valence-corrected chi connectivity index (χ4v) is 3.15. The van der Waals surface area contributed by atoms with E-state index in [9.17, 15) is 4.79 Å². The summed E-state index contributed by atoms with van der Waals surface area (Å²) in [6.07, 6.45) is 0. The van der Waals surface area contributed by atoms with Gasteiger partial charge in [-0.1, -0.05) is 18.2 Å². The van der Waals surface area contributed by atoms with Crippen LogP contribution in [0.4, 0.5) is 5.00 Å². The van der Waals surface area contributed by atoms with Gasteiger partial charge in [0.1, 0.15) is 10.9 Å². The molecule has 0 radical (unpaired) electrons. The number of fused-ring (bicyclic) bond motifs is 1. The maximum Gasteiger partial charge on any atom is 0.239 e. The molecule has 0 bridgehead atoms. The molecule has 0 unspecified atom stereocenters. The molecular weight excluding hydrogens is 298 g/mol. The molecule has 0 aliphatic heterocycles. The quantitative estimate of drug-likeness (QED) is 0.839. The lowest BCUT2D eigenvalue weighted by Gasteiger charge is -1.98. The summed E-state index contributed by atoms with van der Waals surface area (Å²) in [5, 5.41) is 4.66. The van der Waals surface area contributed by atoms with Gasteiger partial charge in [-0.15, -0.1) is 22.9 Å². The molecule has 0 saturated carbocycles. The van der Waals surface area contributed by atoms with Crippen molar-refractivity contribution in [1.82, 2.24) is 0 Å². The zero-order chi connectivity index (χ0) is 10.8. The number of hydrogen-bond acceptors (Lipinski definition) is 2. The largest absolute Gasteiger partial charge is 0.316 e. The number of thiophene rings is 1. The number of carbonyl (C=O) groups excluding carboxylic acids is 1. The van der Waals surface area contributed by atoms with Crippen LogP contribution in [0.5, 0.6) is 0 Å². The zero-order valence-corrected chi connectivity index (χ0v) is 10.7. The van der Waals surface area contributed by atoms with Gasteiger partial charge in [0, 0.05) is 10.1 Å².